The van der Waals surface area contributed by atoms with Gasteiger partial charge in [0.25, 0.3) is 0 Å². The zero-order chi connectivity index (χ0) is 0. The van der Waals surface area contributed by atoms with Gasteiger partial charge in [0.05, 0.1) is 0 Å². The molecular formula is CuS86-170. The molecule has 1 radical (unpaired) electrons. The van der Waals surface area contributed by atoms with Crippen molar-refractivity contribution >= 4 is 1160 Å². The summed E-state index contributed by atoms with van der Waals surface area (Å²) in [5.41, 5.74) is 0. The first-order valence-corrected chi connectivity index (χ1v) is 0. The Labute approximate surface area is 1150 Å². The van der Waals surface area contributed by atoms with Gasteiger partial charge >= 0.3 is 17.1 Å². The Morgan fingerprint density at radius 2 is 0.0230 bits per heavy atom. The van der Waals surface area contributed by atoms with Crippen LogP contribution in [-0.2, 0) is 1180 Å². The van der Waals surface area contributed by atoms with E-state index in [1.165, 1.54) is 0 Å². The molecule has 0 aromatic heterocycles. The number of rotatable bonds is 0. The van der Waals surface area contributed by atoms with Gasteiger partial charge in [0.2, 0.25) is 0 Å². The molecule has 0 N–H and O–H groups in total. The van der Waals surface area contributed by atoms with Crippen molar-refractivity contribution < 1.29 is 17.1 Å². The maximum absolute atomic E-state index is 0. The molecule has 697 valence electrons. The fourth-order valence-corrected chi connectivity index (χ4v) is 0. The number of hydrogen-bond donors (Lipinski definition) is 0. The fraction of sp³-hybridized carbons (Fsp3) is 0. The molecule has 0 aliphatic heterocycles. The van der Waals surface area contributed by atoms with Crippen LogP contribution in [0.4, 0.5) is 0 Å². The first-order chi connectivity index (χ1) is 0. The largest absolute Gasteiger partial charge is 2.00 e. The standard InChI is InChI=1S/Cu.86S/q+2;86*-2. The van der Waals surface area contributed by atoms with E-state index in [9.17, 15) is 0 Å². The van der Waals surface area contributed by atoms with Crippen molar-refractivity contribution in [2.24, 2.45) is 0 Å². The first kappa shape index (κ1) is 1710. The molecule has 87 heavy (non-hydrogen) atoms. The van der Waals surface area contributed by atoms with Gasteiger partial charge in [0.15, 0.2) is 0 Å². The molecule has 0 amide bonds. The van der Waals surface area contributed by atoms with Gasteiger partial charge in [-0.15, -0.1) is 0 Å². The van der Waals surface area contributed by atoms with E-state index >= 15 is 0 Å². The summed E-state index contributed by atoms with van der Waals surface area (Å²) < 4.78 is 0. The summed E-state index contributed by atoms with van der Waals surface area (Å²) >= 11 is 0. The summed E-state index contributed by atoms with van der Waals surface area (Å²) in [5.74, 6) is 0. The monoisotopic (exact) mass is 2810 g/mol. The van der Waals surface area contributed by atoms with E-state index in [2.05, 4.69) is 0 Å². The summed E-state index contributed by atoms with van der Waals surface area (Å²) in [4.78, 5) is 0. The van der Waals surface area contributed by atoms with Gasteiger partial charge in [-0.2, -0.15) is 0 Å². The summed E-state index contributed by atoms with van der Waals surface area (Å²) in [6.45, 7) is 0. The molecule has 0 saturated carbocycles. The molecule has 0 unspecified atom stereocenters. The van der Waals surface area contributed by atoms with Gasteiger partial charge in [0, 0.05) is 0 Å². The molecule has 0 nitrogen and oxygen atoms in total. The Morgan fingerprint density at radius 1 is 0.0230 bits per heavy atom. The quantitative estimate of drug-likeness (QED) is 0.296. The second kappa shape index (κ2) is 1660. The van der Waals surface area contributed by atoms with Crippen molar-refractivity contribution in [3.8, 4) is 0 Å². The van der Waals surface area contributed by atoms with E-state index in [-0.39, 0.29) is 1180 Å². The molecule has 0 aliphatic rings. The normalized spacial score (nSPS) is 0. The minimum Gasteiger partial charge on any atom is -2.00 e. The van der Waals surface area contributed by atoms with E-state index in [1.807, 2.05) is 0 Å². The smallest absolute Gasteiger partial charge is 2.00 e. The van der Waals surface area contributed by atoms with Crippen molar-refractivity contribution in [2.45, 2.75) is 0 Å². The van der Waals surface area contributed by atoms with Crippen LogP contribution in [0.15, 0.2) is 0 Å². The maximum atomic E-state index is 0. The molecule has 0 heterocycles. The van der Waals surface area contributed by atoms with E-state index in [1.54, 1.807) is 0 Å². The average Bonchev–Trinajstić information content (AvgIpc) is 0. The van der Waals surface area contributed by atoms with Crippen molar-refractivity contribution in [1.82, 2.24) is 0 Å². The molecule has 0 rings (SSSR count). The van der Waals surface area contributed by atoms with Gasteiger partial charge in [-0.05, 0) is 0 Å². The number of hydrogen-bond acceptors (Lipinski definition) is 0. The van der Waals surface area contributed by atoms with Crippen LogP contribution >= 0.6 is 0 Å². The molecular weight excluding hydrogens is 2820 g/mol. The summed E-state index contributed by atoms with van der Waals surface area (Å²) in [7, 11) is 0. The van der Waals surface area contributed by atoms with Crippen molar-refractivity contribution in [3.63, 3.8) is 0 Å². The molecule has 0 fully saturated rings. The summed E-state index contributed by atoms with van der Waals surface area (Å²) in [6, 6.07) is 0. The molecule has 0 spiro atoms. The molecule has 0 bridgehead atoms. The molecule has 0 aromatic carbocycles. The van der Waals surface area contributed by atoms with Crippen LogP contribution in [0.1, 0.15) is 0 Å². The molecule has 0 saturated heterocycles. The summed E-state index contributed by atoms with van der Waals surface area (Å²) in [5, 5.41) is 0. The Bertz CT molecular complexity index is 7.88. The van der Waals surface area contributed by atoms with Crippen molar-refractivity contribution in [3.05, 3.63) is 0 Å². The third kappa shape index (κ3) is 1630. The first-order valence-electron chi connectivity index (χ1n) is 0. The second-order valence-electron chi connectivity index (χ2n) is 0. The second-order valence-corrected chi connectivity index (χ2v) is 0. The third-order valence-electron chi connectivity index (χ3n) is 0. The van der Waals surface area contributed by atoms with E-state index in [0.29, 0.717) is 0 Å². The SMILES string of the molecule is [Cu+2].[S-2].[S-2].[S-2].[S-2].[S-2].[S-2].[S-2].[S-2].[S-2].[S-2].[S-2].[S-2].[S-2].[S-2].[S-2].[S-2].[S-2].[S-2].[S-2].[S-2].[S-2].[S-2].[S-2].[S-2].[S-2].[S-2].[S-2].[S-2].[S-2].[S-2].[S-2].[S-2].[S-2].[S-2].[S-2].[S-2].[S-2].[S-2].[S-2].[S-2].[S-2].[S-2].[S-2].[S-2].[S-2].[S-2].[S-2].[S-2].[S-2].[S-2].[S-2].[S-2].[S-2].[S-2].[S-2].[S-2].[S-2].[S-2].[S-2].[S-2].[S-2].[S-2].[S-2].[S-2].[S-2].[S-2].[S-2].[S-2].[S-2].[S-2].[S-2].[S-2].[S-2].[S-2].[S-2].[S-2].[S-2].[S-2].[S-2].[S-2].[S-2].[S-2].[S-2].[S-2].[S-2].[S-2]. The van der Waals surface area contributed by atoms with Crippen LogP contribution in [-0.4, -0.2) is 0 Å². The Balaban J connectivity index is 0. The van der Waals surface area contributed by atoms with Gasteiger partial charge in [-0.25, -0.2) is 0 Å². The Kier molecular flexibility index (Phi) is 32600. The molecule has 0 atom stereocenters. The predicted octanol–water partition coefficient (Wildman–Crippen LogP) is -0.209. The zero-order valence-corrected chi connectivity index (χ0v) is 107. The topological polar surface area (TPSA) is 0 Å². The third-order valence-corrected chi connectivity index (χ3v) is 0. The van der Waals surface area contributed by atoms with Gasteiger partial charge < -0.3 is 1160 Å². The van der Waals surface area contributed by atoms with E-state index in [4.69, 9.17) is 0 Å². The van der Waals surface area contributed by atoms with Crippen LogP contribution in [0, 0.1) is 0 Å². The predicted molar refractivity (Wildman–Crippen MR) is 633 cm³/mol. The van der Waals surface area contributed by atoms with Crippen LogP contribution in [0.5, 0.6) is 0 Å². The van der Waals surface area contributed by atoms with Crippen LogP contribution in [0.3, 0.4) is 0 Å². The van der Waals surface area contributed by atoms with E-state index < -0.39 is 0 Å². The minimum absolute atomic E-state index is 0. The van der Waals surface area contributed by atoms with Gasteiger partial charge in [0.1, 0.15) is 0 Å². The molecule has 0 aromatic rings. The van der Waals surface area contributed by atoms with Crippen LogP contribution < -0.4 is 0 Å². The zero-order valence-electron chi connectivity index (χ0n) is 35.4. The fourth-order valence-electron chi connectivity index (χ4n) is 0. The molecule has 0 aliphatic carbocycles. The van der Waals surface area contributed by atoms with E-state index in [0.717, 1.165) is 0 Å². The average molecular weight is 2820 g/mol. The molecule has 87 heteroatoms. The van der Waals surface area contributed by atoms with Gasteiger partial charge in [-0.1, -0.05) is 0 Å². The maximum Gasteiger partial charge on any atom is 2.00 e. The van der Waals surface area contributed by atoms with Crippen molar-refractivity contribution in [1.29, 1.82) is 0 Å². The summed E-state index contributed by atoms with van der Waals surface area (Å²) in [6.07, 6.45) is 0. The van der Waals surface area contributed by atoms with Gasteiger partial charge in [-0.3, -0.25) is 0 Å². The van der Waals surface area contributed by atoms with Crippen LogP contribution in [0.2, 0.25) is 0 Å². The van der Waals surface area contributed by atoms with Crippen molar-refractivity contribution in [2.75, 3.05) is 0 Å². The minimum atomic E-state index is 0. The Hall–Kier alpha value is 30.6. The van der Waals surface area contributed by atoms with Crippen LogP contribution in [0.25, 0.3) is 0 Å². The Morgan fingerprint density at radius 3 is 0.0230 bits per heavy atom.